The summed E-state index contributed by atoms with van der Waals surface area (Å²) in [5.74, 6) is 0.569. The van der Waals surface area contributed by atoms with E-state index in [1.165, 1.54) is 6.07 Å². The molecule has 0 aliphatic rings. The highest BCUT2D eigenvalue weighted by molar-refractivity contribution is 6.42. The molecule has 8 heteroatoms. The van der Waals surface area contributed by atoms with Gasteiger partial charge in [0.05, 0.1) is 22.3 Å². The molecule has 0 spiro atoms. The quantitative estimate of drug-likeness (QED) is 0.705. The Balaban J connectivity index is 1.60. The van der Waals surface area contributed by atoms with Gasteiger partial charge in [-0.25, -0.2) is 0 Å². The van der Waals surface area contributed by atoms with Crippen LogP contribution in [0.5, 0.6) is 0 Å². The fourth-order valence-electron chi connectivity index (χ4n) is 2.00. The number of nitrogens with one attached hydrogen (secondary N) is 2. The molecule has 0 unspecified atom stereocenters. The van der Waals surface area contributed by atoms with Crippen molar-refractivity contribution in [2.45, 2.75) is 6.54 Å². The van der Waals surface area contributed by atoms with Gasteiger partial charge in [0.15, 0.2) is 5.82 Å². The Kier molecular flexibility index (Phi) is 5.42. The van der Waals surface area contributed by atoms with Crippen LogP contribution in [-0.4, -0.2) is 21.1 Å². The Morgan fingerprint density at radius 3 is 2.44 bits per heavy atom. The van der Waals surface area contributed by atoms with E-state index in [1.807, 2.05) is 18.2 Å². The van der Waals surface area contributed by atoms with Crippen molar-refractivity contribution in [3.8, 4) is 0 Å². The van der Waals surface area contributed by atoms with E-state index in [4.69, 9.17) is 23.2 Å². The van der Waals surface area contributed by atoms with E-state index in [1.54, 1.807) is 30.5 Å². The Morgan fingerprint density at radius 2 is 1.76 bits per heavy atom. The first kappa shape index (κ1) is 17.1. The molecular weight excluding hydrogens is 361 g/mol. The first-order valence-corrected chi connectivity index (χ1v) is 8.11. The SMILES string of the molecule is O=C(Nc1ccc(NCc2ccccn2)nn1)c1ccc(Cl)c(Cl)c1. The Hall–Kier alpha value is -2.70. The molecule has 6 nitrogen and oxygen atoms in total. The highest BCUT2D eigenvalue weighted by Gasteiger charge is 2.09. The molecule has 3 aromatic rings. The summed E-state index contributed by atoms with van der Waals surface area (Å²) in [6.07, 6.45) is 1.73. The van der Waals surface area contributed by atoms with Gasteiger partial charge in [-0.15, -0.1) is 10.2 Å². The molecule has 0 fully saturated rings. The van der Waals surface area contributed by atoms with Gasteiger partial charge in [-0.05, 0) is 42.5 Å². The largest absolute Gasteiger partial charge is 0.363 e. The van der Waals surface area contributed by atoms with E-state index in [-0.39, 0.29) is 5.91 Å². The second-order valence-corrected chi connectivity index (χ2v) is 5.88. The van der Waals surface area contributed by atoms with E-state index in [0.717, 1.165) is 5.69 Å². The number of hydrogen-bond donors (Lipinski definition) is 2. The minimum atomic E-state index is -0.345. The van der Waals surface area contributed by atoms with Crippen molar-refractivity contribution >= 4 is 40.7 Å². The molecule has 0 aliphatic carbocycles. The minimum Gasteiger partial charge on any atom is -0.363 e. The molecule has 1 amide bonds. The lowest BCUT2D eigenvalue weighted by molar-refractivity contribution is 0.102. The highest BCUT2D eigenvalue weighted by atomic mass is 35.5. The van der Waals surface area contributed by atoms with Crippen LogP contribution in [0.1, 0.15) is 16.1 Å². The van der Waals surface area contributed by atoms with Crippen molar-refractivity contribution in [1.29, 1.82) is 0 Å². The van der Waals surface area contributed by atoms with Gasteiger partial charge in [-0.2, -0.15) is 0 Å². The average Bonchev–Trinajstić information content (AvgIpc) is 2.64. The van der Waals surface area contributed by atoms with Crippen LogP contribution in [0.25, 0.3) is 0 Å². The van der Waals surface area contributed by atoms with Gasteiger partial charge in [-0.3, -0.25) is 9.78 Å². The summed E-state index contributed by atoms with van der Waals surface area (Å²) in [4.78, 5) is 16.4. The summed E-state index contributed by atoms with van der Waals surface area (Å²) < 4.78 is 0. The summed E-state index contributed by atoms with van der Waals surface area (Å²) in [6.45, 7) is 0.532. The first-order chi connectivity index (χ1) is 12.1. The predicted molar refractivity (Wildman–Crippen MR) is 98.0 cm³/mol. The van der Waals surface area contributed by atoms with Crippen LogP contribution in [-0.2, 0) is 6.54 Å². The van der Waals surface area contributed by atoms with E-state index in [2.05, 4.69) is 25.8 Å². The van der Waals surface area contributed by atoms with Crippen molar-refractivity contribution in [2.75, 3.05) is 10.6 Å². The van der Waals surface area contributed by atoms with Crippen LogP contribution >= 0.6 is 23.2 Å². The number of amides is 1. The molecule has 0 atom stereocenters. The summed E-state index contributed by atoms with van der Waals surface area (Å²) >= 11 is 11.8. The number of carbonyl (C=O) groups excluding carboxylic acids is 1. The second-order valence-electron chi connectivity index (χ2n) is 5.06. The van der Waals surface area contributed by atoms with Gasteiger partial charge in [0.25, 0.3) is 5.91 Å². The third-order valence-corrected chi connectivity index (χ3v) is 4.00. The highest BCUT2D eigenvalue weighted by Crippen LogP contribution is 2.23. The van der Waals surface area contributed by atoms with Crippen LogP contribution in [0.15, 0.2) is 54.7 Å². The van der Waals surface area contributed by atoms with Gasteiger partial charge in [0.1, 0.15) is 5.82 Å². The molecule has 0 aliphatic heterocycles. The molecule has 1 aromatic carbocycles. The fraction of sp³-hybridized carbons (Fsp3) is 0.0588. The predicted octanol–water partition coefficient (Wildman–Crippen LogP) is 4.04. The number of benzene rings is 1. The second kappa shape index (κ2) is 7.92. The zero-order chi connectivity index (χ0) is 17.6. The Labute approximate surface area is 154 Å². The topological polar surface area (TPSA) is 79.8 Å². The van der Waals surface area contributed by atoms with Crippen LogP contribution in [0.2, 0.25) is 10.0 Å². The molecule has 25 heavy (non-hydrogen) atoms. The number of hydrogen-bond acceptors (Lipinski definition) is 5. The maximum absolute atomic E-state index is 12.2. The van der Waals surface area contributed by atoms with Crippen molar-refractivity contribution in [2.24, 2.45) is 0 Å². The van der Waals surface area contributed by atoms with Crippen LogP contribution < -0.4 is 10.6 Å². The molecule has 0 saturated carbocycles. The summed E-state index contributed by atoms with van der Waals surface area (Å²) in [6, 6.07) is 13.7. The lowest BCUT2D eigenvalue weighted by Gasteiger charge is -2.07. The zero-order valence-electron chi connectivity index (χ0n) is 12.9. The number of aromatic nitrogens is 3. The summed E-state index contributed by atoms with van der Waals surface area (Å²) in [7, 11) is 0. The molecule has 2 N–H and O–H groups in total. The third-order valence-electron chi connectivity index (χ3n) is 3.26. The van der Waals surface area contributed by atoms with Gasteiger partial charge in [0.2, 0.25) is 0 Å². The van der Waals surface area contributed by atoms with Crippen LogP contribution in [0.3, 0.4) is 0 Å². The maximum atomic E-state index is 12.2. The lowest BCUT2D eigenvalue weighted by Crippen LogP contribution is -2.13. The number of halogens is 2. The van der Waals surface area contributed by atoms with Crippen LogP contribution in [0, 0.1) is 0 Å². The molecule has 0 saturated heterocycles. The molecular formula is C17H13Cl2N5O. The van der Waals surface area contributed by atoms with Crippen molar-refractivity contribution in [1.82, 2.24) is 15.2 Å². The molecule has 2 heterocycles. The van der Waals surface area contributed by atoms with E-state index in [0.29, 0.717) is 33.8 Å². The van der Waals surface area contributed by atoms with E-state index in [9.17, 15) is 4.79 Å². The standard InChI is InChI=1S/C17H13Cl2N5O/c18-13-5-4-11(9-14(13)19)17(25)22-16-7-6-15(23-24-16)21-10-12-3-1-2-8-20-12/h1-9H,10H2,(H,21,23)(H,22,24,25). The average molecular weight is 374 g/mol. The van der Waals surface area contributed by atoms with Crippen molar-refractivity contribution in [3.63, 3.8) is 0 Å². The van der Waals surface area contributed by atoms with E-state index >= 15 is 0 Å². The van der Waals surface area contributed by atoms with Gasteiger partial charge in [-0.1, -0.05) is 29.3 Å². The van der Waals surface area contributed by atoms with Gasteiger partial charge in [0, 0.05) is 11.8 Å². The minimum absolute atomic E-state index is 0.314. The zero-order valence-corrected chi connectivity index (χ0v) is 14.4. The maximum Gasteiger partial charge on any atom is 0.256 e. The lowest BCUT2D eigenvalue weighted by atomic mass is 10.2. The summed E-state index contributed by atoms with van der Waals surface area (Å²) in [5, 5.41) is 14.5. The molecule has 126 valence electrons. The molecule has 0 bridgehead atoms. The number of anilines is 2. The van der Waals surface area contributed by atoms with E-state index < -0.39 is 0 Å². The number of rotatable bonds is 5. The summed E-state index contributed by atoms with van der Waals surface area (Å²) in [5.41, 5.74) is 1.27. The molecule has 2 aromatic heterocycles. The third kappa shape index (κ3) is 4.65. The number of carbonyl (C=O) groups is 1. The Bertz CT molecular complexity index is 872. The Morgan fingerprint density at radius 1 is 0.960 bits per heavy atom. The number of pyridine rings is 1. The van der Waals surface area contributed by atoms with Gasteiger partial charge >= 0.3 is 0 Å². The first-order valence-electron chi connectivity index (χ1n) is 7.36. The molecule has 3 rings (SSSR count). The monoisotopic (exact) mass is 373 g/mol. The molecule has 0 radical (unpaired) electrons. The van der Waals surface area contributed by atoms with Gasteiger partial charge < -0.3 is 10.6 Å². The smallest absolute Gasteiger partial charge is 0.256 e. The van der Waals surface area contributed by atoms with Crippen molar-refractivity contribution < 1.29 is 4.79 Å². The van der Waals surface area contributed by atoms with Crippen molar-refractivity contribution in [3.05, 3.63) is 76.0 Å². The number of nitrogens with zero attached hydrogens (tertiary/aromatic N) is 3. The fourth-order valence-corrected chi connectivity index (χ4v) is 2.30. The van der Waals surface area contributed by atoms with Crippen LogP contribution in [0.4, 0.5) is 11.6 Å². The normalized spacial score (nSPS) is 10.3.